The Bertz CT molecular complexity index is 1150. The molecule has 1 heterocycles. The summed E-state index contributed by atoms with van der Waals surface area (Å²) in [5.74, 6) is 0.105. The molecule has 0 unspecified atom stereocenters. The van der Waals surface area contributed by atoms with E-state index in [1.54, 1.807) is 6.92 Å². The first-order valence-corrected chi connectivity index (χ1v) is 10.2. The fraction of sp³-hybridized carbons (Fsp3) is 0.190. The smallest absolute Gasteiger partial charge is 0.265 e. The Hall–Kier alpha value is -2.73. The molecule has 0 N–H and O–H groups in total. The van der Waals surface area contributed by atoms with Gasteiger partial charge in [0.15, 0.2) is 0 Å². The predicted molar refractivity (Wildman–Crippen MR) is 105 cm³/mol. The van der Waals surface area contributed by atoms with Crippen LogP contribution in [-0.4, -0.2) is 31.6 Å². The van der Waals surface area contributed by atoms with E-state index in [1.165, 1.54) is 22.5 Å². The Morgan fingerprint density at radius 1 is 1.07 bits per heavy atom. The van der Waals surface area contributed by atoms with E-state index in [0.717, 1.165) is 16.3 Å². The van der Waals surface area contributed by atoms with Gasteiger partial charge in [-0.3, -0.25) is 9.30 Å². The third-order valence-electron chi connectivity index (χ3n) is 4.83. The zero-order chi connectivity index (χ0) is 19.0. The largest absolute Gasteiger partial charge is 0.269 e. The van der Waals surface area contributed by atoms with Gasteiger partial charge >= 0.3 is 0 Å². The van der Waals surface area contributed by atoms with Gasteiger partial charge in [-0.2, -0.15) is 0 Å². The monoisotopic (exact) mass is 382 g/mol. The van der Waals surface area contributed by atoms with E-state index in [-0.39, 0.29) is 4.90 Å². The van der Waals surface area contributed by atoms with Crippen LogP contribution in [-0.2, 0) is 16.4 Å². The summed E-state index contributed by atoms with van der Waals surface area (Å²) in [4.78, 5) is 4.53. The molecule has 1 aliphatic heterocycles. The normalized spacial score (nSPS) is 14.6. The average Bonchev–Trinajstić information content (AvgIpc) is 3.13. The molecule has 3 aromatic carbocycles. The van der Waals surface area contributed by atoms with Crippen molar-refractivity contribution in [2.45, 2.75) is 18.2 Å². The lowest BCUT2D eigenvalue weighted by Crippen LogP contribution is -2.35. The summed E-state index contributed by atoms with van der Waals surface area (Å²) >= 11 is 0. The van der Waals surface area contributed by atoms with E-state index in [9.17, 15) is 12.8 Å². The minimum atomic E-state index is -3.76. The minimum Gasteiger partial charge on any atom is -0.269 e. The van der Waals surface area contributed by atoms with Crippen LogP contribution in [0.4, 0.5) is 4.39 Å². The maximum absolute atomic E-state index is 13.5. The van der Waals surface area contributed by atoms with Crippen LogP contribution in [0.25, 0.3) is 10.8 Å². The van der Waals surface area contributed by atoms with Crippen LogP contribution < -0.4 is 0 Å². The van der Waals surface area contributed by atoms with Crippen molar-refractivity contribution >= 4 is 26.6 Å². The van der Waals surface area contributed by atoms with Crippen molar-refractivity contribution in [3.63, 3.8) is 0 Å². The van der Waals surface area contributed by atoms with Gasteiger partial charge in [0.05, 0.1) is 18.0 Å². The molecule has 0 radical (unpaired) electrons. The van der Waals surface area contributed by atoms with Gasteiger partial charge in [-0.1, -0.05) is 42.5 Å². The summed E-state index contributed by atoms with van der Waals surface area (Å²) in [6.07, 6.45) is 0.431. The molecular weight excluding hydrogens is 363 g/mol. The highest BCUT2D eigenvalue weighted by Crippen LogP contribution is 2.25. The lowest BCUT2D eigenvalue weighted by atomic mass is 10.0. The summed E-state index contributed by atoms with van der Waals surface area (Å²) in [5, 5.41) is 2.20. The zero-order valence-electron chi connectivity index (χ0n) is 14.9. The van der Waals surface area contributed by atoms with Crippen molar-refractivity contribution in [2.24, 2.45) is 4.99 Å². The number of amidine groups is 1. The van der Waals surface area contributed by atoms with E-state index in [4.69, 9.17) is 0 Å². The number of hydrogen-bond donors (Lipinski definition) is 0. The van der Waals surface area contributed by atoms with Crippen LogP contribution in [0.15, 0.2) is 70.6 Å². The SMILES string of the molecule is Cc1cc(S(=O)(=O)N2CCN=C2Cc2cccc3ccccc23)ccc1F. The molecule has 0 spiro atoms. The van der Waals surface area contributed by atoms with Crippen LogP contribution in [0, 0.1) is 12.7 Å². The molecule has 0 amide bonds. The Morgan fingerprint density at radius 3 is 2.67 bits per heavy atom. The molecular formula is C21H19FN2O2S. The first kappa shape index (κ1) is 17.7. The highest BCUT2D eigenvalue weighted by molar-refractivity contribution is 7.89. The Morgan fingerprint density at radius 2 is 1.85 bits per heavy atom. The first-order valence-electron chi connectivity index (χ1n) is 8.76. The number of aryl methyl sites for hydroxylation is 1. The van der Waals surface area contributed by atoms with Crippen LogP contribution in [0.1, 0.15) is 11.1 Å². The molecule has 0 aromatic heterocycles. The van der Waals surface area contributed by atoms with Gasteiger partial charge in [-0.25, -0.2) is 12.8 Å². The highest BCUT2D eigenvalue weighted by atomic mass is 32.2. The maximum Gasteiger partial charge on any atom is 0.265 e. The third-order valence-corrected chi connectivity index (χ3v) is 6.65. The number of fused-ring (bicyclic) bond motifs is 1. The maximum atomic E-state index is 13.5. The molecule has 3 aromatic rings. The predicted octanol–water partition coefficient (Wildman–Crippen LogP) is 3.93. The van der Waals surface area contributed by atoms with Crippen molar-refractivity contribution in [3.05, 3.63) is 77.6 Å². The molecule has 138 valence electrons. The second-order valence-corrected chi connectivity index (χ2v) is 8.46. The van der Waals surface area contributed by atoms with Crippen LogP contribution >= 0.6 is 0 Å². The first-order chi connectivity index (χ1) is 13.0. The summed E-state index contributed by atoms with van der Waals surface area (Å²) in [5.41, 5.74) is 1.34. The second kappa shape index (κ2) is 6.78. The molecule has 4 nitrogen and oxygen atoms in total. The van der Waals surface area contributed by atoms with Crippen molar-refractivity contribution < 1.29 is 12.8 Å². The molecule has 0 aliphatic carbocycles. The van der Waals surface area contributed by atoms with E-state index < -0.39 is 15.8 Å². The number of halogens is 1. The van der Waals surface area contributed by atoms with E-state index >= 15 is 0 Å². The molecule has 27 heavy (non-hydrogen) atoms. The second-order valence-electron chi connectivity index (χ2n) is 6.60. The van der Waals surface area contributed by atoms with Gasteiger partial charge in [0.25, 0.3) is 10.0 Å². The Balaban J connectivity index is 1.68. The zero-order valence-corrected chi connectivity index (χ0v) is 15.7. The summed E-state index contributed by atoms with van der Waals surface area (Å²) in [7, 11) is -3.76. The van der Waals surface area contributed by atoms with Gasteiger partial charge < -0.3 is 0 Å². The topological polar surface area (TPSA) is 49.7 Å². The standard InChI is InChI=1S/C21H19FN2O2S/c1-15-13-18(9-10-20(15)22)27(25,26)24-12-11-23-21(24)14-17-7-4-6-16-5-2-3-8-19(16)17/h2-10,13H,11-12,14H2,1H3. The number of nitrogens with zero attached hydrogens (tertiary/aromatic N) is 2. The number of hydrogen-bond acceptors (Lipinski definition) is 3. The van der Waals surface area contributed by atoms with Gasteiger partial charge in [0.1, 0.15) is 11.7 Å². The lowest BCUT2D eigenvalue weighted by molar-refractivity contribution is 0.535. The fourth-order valence-corrected chi connectivity index (χ4v) is 4.94. The molecule has 0 saturated carbocycles. The van der Waals surface area contributed by atoms with Gasteiger partial charge in [-0.05, 0) is 47.0 Å². The van der Waals surface area contributed by atoms with Crippen molar-refractivity contribution in [1.29, 1.82) is 0 Å². The molecule has 0 saturated heterocycles. The molecule has 0 fully saturated rings. The van der Waals surface area contributed by atoms with Crippen LogP contribution in [0.2, 0.25) is 0 Å². The van der Waals surface area contributed by atoms with Gasteiger partial charge in [0, 0.05) is 6.42 Å². The fourth-order valence-electron chi connectivity index (χ4n) is 3.40. The van der Waals surface area contributed by atoms with E-state index in [2.05, 4.69) is 4.99 Å². The van der Waals surface area contributed by atoms with Gasteiger partial charge in [0.2, 0.25) is 0 Å². The van der Waals surface area contributed by atoms with Crippen molar-refractivity contribution in [3.8, 4) is 0 Å². The Labute approximate surface area is 158 Å². The van der Waals surface area contributed by atoms with E-state index in [0.29, 0.717) is 30.9 Å². The molecule has 6 heteroatoms. The minimum absolute atomic E-state index is 0.0916. The summed E-state index contributed by atoms with van der Waals surface area (Å²) in [6, 6.07) is 17.9. The third kappa shape index (κ3) is 3.21. The van der Waals surface area contributed by atoms with Crippen molar-refractivity contribution in [1.82, 2.24) is 4.31 Å². The van der Waals surface area contributed by atoms with E-state index in [1.807, 2.05) is 42.5 Å². The molecule has 0 atom stereocenters. The molecule has 4 rings (SSSR count). The highest BCUT2D eigenvalue weighted by Gasteiger charge is 2.31. The molecule has 1 aliphatic rings. The quantitative estimate of drug-likeness (QED) is 0.686. The number of aliphatic imine (C=N–C) groups is 1. The van der Waals surface area contributed by atoms with Crippen LogP contribution in [0.3, 0.4) is 0 Å². The van der Waals surface area contributed by atoms with Crippen molar-refractivity contribution in [2.75, 3.05) is 13.1 Å². The van der Waals surface area contributed by atoms with Crippen LogP contribution in [0.5, 0.6) is 0 Å². The Kier molecular flexibility index (Phi) is 4.44. The summed E-state index contributed by atoms with van der Waals surface area (Å²) < 4.78 is 41.1. The number of benzene rings is 3. The number of sulfonamides is 1. The lowest BCUT2D eigenvalue weighted by Gasteiger charge is -2.21. The average molecular weight is 382 g/mol. The summed E-state index contributed by atoms with van der Waals surface area (Å²) in [6.45, 7) is 2.29. The van der Waals surface area contributed by atoms with Gasteiger partial charge in [-0.15, -0.1) is 0 Å². The molecule has 0 bridgehead atoms. The number of rotatable bonds is 4.